The number of likely N-dealkylation sites (tertiary alicyclic amines) is 1. The van der Waals surface area contributed by atoms with Gasteiger partial charge in [0, 0.05) is 11.1 Å². The molecule has 3 heteroatoms. The number of benzene rings is 1. The molecule has 0 bridgehead atoms. The predicted octanol–water partition coefficient (Wildman–Crippen LogP) is 2.70. The lowest BCUT2D eigenvalue weighted by atomic mass is 10.1. The first kappa shape index (κ1) is 12.9. The van der Waals surface area contributed by atoms with E-state index in [9.17, 15) is 0 Å². The van der Waals surface area contributed by atoms with Crippen LogP contribution in [0.3, 0.4) is 0 Å². The first-order chi connectivity index (χ1) is 8.24. The van der Waals surface area contributed by atoms with E-state index in [0.717, 1.165) is 24.3 Å². The molecule has 0 saturated carbocycles. The molecule has 0 unspecified atom stereocenters. The van der Waals surface area contributed by atoms with Crippen LogP contribution in [0.4, 0.5) is 0 Å². The Kier molecular flexibility index (Phi) is 4.84. The van der Waals surface area contributed by atoms with Crippen LogP contribution in [-0.2, 0) is 6.42 Å². The molecule has 1 aromatic rings. The maximum Gasteiger partial charge on any atom is 0.0406 e. The molecule has 1 heterocycles. The third-order valence-electron chi connectivity index (χ3n) is 3.49. The zero-order valence-corrected chi connectivity index (χ0v) is 11.0. The normalized spacial score (nSPS) is 18.5. The summed E-state index contributed by atoms with van der Waals surface area (Å²) in [4.78, 5) is 2.53. The van der Waals surface area contributed by atoms with E-state index >= 15 is 0 Å². The first-order valence-electron chi connectivity index (χ1n) is 6.46. The largest absolute Gasteiger partial charge is 0.328 e. The molecule has 17 heavy (non-hydrogen) atoms. The van der Waals surface area contributed by atoms with E-state index in [4.69, 9.17) is 17.3 Å². The molecule has 2 N–H and O–H groups in total. The molecule has 2 rings (SSSR count). The average Bonchev–Trinajstić information content (AvgIpc) is 2.34. The Hall–Kier alpha value is -0.570. The van der Waals surface area contributed by atoms with Gasteiger partial charge in [-0.1, -0.05) is 23.7 Å². The van der Waals surface area contributed by atoms with Gasteiger partial charge in [-0.25, -0.2) is 0 Å². The van der Waals surface area contributed by atoms with Gasteiger partial charge in [0.05, 0.1) is 0 Å². The van der Waals surface area contributed by atoms with E-state index in [1.165, 1.54) is 31.6 Å². The second kappa shape index (κ2) is 6.39. The van der Waals surface area contributed by atoms with Crippen LogP contribution in [0.1, 0.15) is 24.8 Å². The first-order valence-corrected chi connectivity index (χ1v) is 6.84. The molecule has 2 nitrogen and oxygen atoms in total. The van der Waals surface area contributed by atoms with Crippen molar-refractivity contribution in [3.8, 4) is 0 Å². The van der Waals surface area contributed by atoms with Gasteiger partial charge in [-0.3, -0.25) is 0 Å². The van der Waals surface area contributed by atoms with Gasteiger partial charge >= 0.3 is 0 Å². The van der Waals surface area contributed by atoms with Gasteiger partial charge in [0.25, 0.3) is 0 Å². The molecule has 1 fully saturated rings. The molecule has 1 aliphatic rings. The van der Waals surface area contributed by atoms with Gasteiger partial charge in [0.2, 0.25) is 0 Å². The third kappa shape index (κ3) is 4.30. The minimum Gasteiger partial charge on any atom is -0.328 e. The van der Waals surface area contributed by atoms with Gasteiger partial charge < -0.3 is 10.6 Å². The van der Waals surface area contributed by atoms with Gasteiger partial charge in [-0.05, 0) is 63.0 Å². The molecule has 1 aromatic carbocycles. The molecule has 0 atom stereocenters. The van der Waals surface area contributed by atoms with E-state index in [2.05, 4.69) is 17.0 Å². The topological polar surface area (TPSA) is 29.3 Å². The maximum absolute atomic E-state index is 5.89. The number of piperidine rings is 1. The summed E-state index contributed by atoms with van der Waals surface area (Å²) in [7, 11) is 0. The minimum absolute atomic E-state index is 0.433. The third-order valence-corrected chi connectivity index (χ3v) is 3.74. The molecule has 0 amide bonds. The fraction of sp³-hybridized carbons (Fsp3) is 0.571. The lowest BCUT2D eigenvalue weighted by Gasteiger charge is -2.29. The van der Waals surface area contributed by atoms with Crippen molar-refractivity contribution in [1.82, 2.24) is 4.90 Å². The highest BCUT2D eigenvalue weighted by Gasteiger charge is 2.14. The Morgan fingerprint density at radius 3 is 2.47 bits per heavy atom. The molecule has 0 aliphatic carbocycles. The molecule has 0 spiro atoms. The summed E-state index contributed by atoms with van der Waals surface area (Å²) in [5, 5.41) is 0.818. The molecular formula is C14H21ClN2. The van der Waals surface area contributed by atoms with Crippen molar-refractivity contribution in [1.29, 1.82) is 0 Å². The lowest BCUT2D eigenvalue weighted by molar-refractivity contribution is 0.211. The van der Waals surface area contributed by atoms with E-state index < -0.39 is 0 Å². The van der Waals surface area contributed by atoms with Crippen molar-refractivity contribution in [2.45, 2.75) is 31.7 Å². The minimum atomic E-state index is 0.433. The Bertz CT molecular complexity index is 329. The van der Waals surface area contributed by atoms with E-state index in [0.29, 0.717) is 6.04 Å². The Balaban J connectivity index is 1.67. The summed E-state index contributed by atoms with van der Waals surface area (Å²) in [5.74, 6) is 0. The van der Waals surface area contributed by atoms with Crippen LogP contribution in [0.25, 0.3) is 0 Å². The van der Waals surface area contributed by atoms with Crippen LogP contribution in [0.15, 0.2) is 24.3 Å². The lowest BCUT2D eigenvalue weighted by Crippen LogP contribution is -2.40. The van der Waals surface area contributed by atoms with Crippen LogP contribution in [0.5, 0.6) is 0 Å². The second-order valence-electron chi connectivity index (χ2n) is 4.91. The standard InChI is InChI=1S/C14H21ClN2/c15-13-5-3-12(4-6-13)2-1-9-17-10-7-14(16)8-11-17/h3-6,14H,1-2,7-11,16H2. The monoisotopic (exact) mass is 252 g/mol. The van der Waals surface area contributed by atoms with Crippen molar-refractivity contribution in [2.75, 3.05) is 19.6 Å². The van der Waals surface area contributed by atoms with Crippen molar-refractivity contribution in [3.05, 3.63) is 34.9 Å². The van der Waals surface area contributed by atoms with Crippen molar-refractivity contribution in [3.63, 3.8) is 0 Å². The zero-order chi connectivity index (χ0) is 12.1. The zero-order valence-electron chi connectivity index (χ0n) is 10.2. The summed E-state index contributed by atoms with van der Waals surface area (Å²) >= 11 is 5.86. The number of rotatable bonds is 4. The summed E-state index contributed by atoms with van der Waals surface area (Å²) < 4.78 is 0. The highest BCUT2D eigenvalue weighted by molar-refractivity contribution is 6.30. The van der Waals surface area contributed by atoms with E-state index in [-0.39, 0.29) is 0 Å². The van der Waals surface area contributed by atoms with Crippen LogP contribution >= 0.6 is 11.6 Å². The van der Waals surface area contributed by atoms with Crippen molar-refractivity contribution >= 4 is 11.6 Å². The highest BCUT2D eigenvalue weighted by Crippen LogP contribution is 2.12. The van der Waals surface area contributed by atoms with Crippen LogP contribution in [0, 0.1) is 0 Å². The van der Waals surface area contributed by atoms with Crippen molar-refractivity contribution in [2.24, 2.45) is 5.73 Å². The van der Waals surface area contributed by atoms with Gasteiger partial charge in [-0.2, -0.15) is 0 Å². The molecule has 1 aliphatic heterocycles. The molecular weight excluding hydrogens is 232 g/mol. The average molecular weight is 253 g/mol. The highest BCUT2D eigenvalue weighted by atomic mass is 35.5. The SMILES string of the molecule is NC1CCN(CCCc2ccc(Cl)cc2)CC1. The summed E-state index contributed by atoms with van der Waals surface area (Å²) in [6.07, 6.45) is 4.67. The smallest absolute Gasteiger partial charge is 0.0406 e. The van der Waals surface area contributed by atoms with Gasteiger partial charge in [0.15, 0.2) is 0 Å². The van der Waals surface area contributed by atoms with Crippen LogP contribution < -0.4 is 5.73 Å². The van der Waals surface area contributed by atoms with Crippen molar-refractivity contribution < 1.29 is 0 Å². The maximum atomic E-state index is 5.89. The number of nitrogens with two attached hydrogens (primary N) is 1. The fourth-order valence-electron chi connectivity index (χ4n) is 2.33. The molecule has 0 radical (unpaired) electrons. The Labute approximate surface area is 109 Å². The van der Waals surface area contributed by atoms with Gasteiger partial charge in [0.1, 0.15) is 0 Å². The van der Waals surface area contributed by atoms with E-state index in [1.54, 1.807) is 0 Å². The fourth-order valence-corrected chi connectivity index (χ4v) is 2.46. The number of halogens is 1. The predicted molar refractivity (Wildman–Crippen MR) is 73.4 cm³/mol. The Morgan fingerprint density at radius 1 is 1.18 bits per heavy atom. The second-order valence-corrected chi connectivity index (χ2v) is 5.35. The van der Waals surface area contributed by atoms with Crippen LogP contribution in [0.2, 0.25) is 5.02 Å². The summed E-state index contributed by atoms with van der Waals surface area (Å²) in [5.41, 5.74) is 7.27. The number of hydrogen-bond acceptors (Lipinski definition) is 2. The van der Waals surface area contributed by atoms with Gasteiger partial charge in [-0.15, -0.1) is 0 Å². The summed E-state index contributed by atoms with van der Waals surface area (Å²) in [6, 6.07) is 8.61. The number of aryl methyl sites for hydroxylation is 1. The van der Waals surface area contributed by atoms with E-state index in [1.807, 2.05) is 12.1 Å². The quantitative estimate of drug-likeness (QED) is 0.893. The molecule has 94 valence electrons. The summed E-state index contributed by atoms with van der Waals surface area (Å²) in [6.45, 7) is 3.53. The Morgan fingerprint density at radius 2 is 1.82 bits per heavy atom. The molecule has 1 saturated heterocycles. The van der Waals surface area contributed by atoms with Crippen LogP contribution in [-0.4, -0.2) is 30.6 Å². The number of nitrogens with zero attached hydrogens (tertiary/aromatic N) is 1. The molecule has 0 aromatic heterocycles. The number of hydrogen-bond donors (Lipinski definition) is 1.